The molecule has 0 N–H and O–H groups in total. The Kier molecular flexibility index (Phi) is 6.11. The summed E-state index contributed by atoms with van der Waals surface area (Å²) in [6.45, 7) is 3.28. The van der Waals surface area contributed by atoms with Crippen LogP contribution in [0.5, 0.6) is 5.75 Å². The predicted octanol–water partition coefficient (Wildman–Crippen LogP) is 6.11. The van der Waals surface area contributed by atoms with E-state index in [9.17, 15) is 4.79 Å². The van der Waals surface area contributed by atoms with Crippen LogP contribution in [0.15, 0.2) is 66.7 Å². The maximum atomic E-state index is 13.7. The Balaban J connectivity index is 1.50. The normalized spacial score (nSPS) is 15.6. The highest BCUT2D eigenvalue weighted by atomic mass is 32.1. The number of carbonyl (C=O) groups excluding carboxylic acids is 1. The van der Waals surface area contributed by atoms with Crippen LogP contribution in [0.3, 0.4) is 0 Å². The molecule has 1 amide bonds. The fourth-order valence-electron chi connectivity index (χ4n) is 4.21. The first-order chi connectivity index (χ1) is 16.1. The second kappa shape index (κ2) is 9.33. The Morgan fingerprint density at radius 3 is 2.55 bits per heavy atom. The molecule has 0 aliphatic carbocycles. The zero-order chi connectivity index (χ0) is 22.8. The summed E-state index contributed by atoms with van der Waals surface area (Å²) in [7, 11) is 1.65. The first-order valence-corrected chi connectivity index (χ1v) is 12.0. The number of thiazole rings is 1. The number of anilines is 1. The summed E-state index contributed by atoms with van der Waals surface area (Å²) < 4.78 is 12.4. The van der Waals surface area contributed by atoms with Gasteiger partial charge < -0.3 is 9.47 Å². The van der Waals surface area contributed by atoms with Crippen LogP contribution in [0.2, 0.25) is 0 Å². The van der Waals surface area contributed by atoms with Gasteiger partial charge in [-0.3, -0.25) is 9.69 Å². The number of benzene rings is 3. The van der Waals surface area contributed by atoms with Crippen LogP contribution in [0.4, 0.5) is 5.13 Å². The summed E-state index contributed by atoms with van der Waals surface area (Å²) in [4.78, 5) is 20.3. The number of rotatable bonds is 6. The number of nitrogens with zero attached hydrogens (tertiary/aromatic N) is 2. The van der Waals surface area contributed by atoms with Crippen molar-refractivity contribution in [3.63, 3.8) is 0 Å². The number of methoxy groups -OCH3 is 1. The molecule has 0 bridgehead atoms. The number of ether oxygens (including phenoxy) is 2. The van der Waals surface area contributed by atoms with E-state index in [1.165, 1.54) is 11.3 Å². The molecule has 2 heterocycles. The molecule has 3 aromatic carbocycles. The third-order valence-electron chi connectivity index (χ3n) is 6.04. The van der Waals surface area contributed by atoms with E-state index in [1.807, 2.05) is 54.6 Å². The summed E-state index contributed by atoms with van der Waals surface area (Å²) in [5, 5.41) is 0.672. The lowest BCUT2D eigenvalue weighted by molar-refractivity contribution is 0.0917. The Bertz CT molecular complexity index is 1260. The van der Waals surface area contributed by atoms with Crippen molar-refractivity contribution in [2.24, 2.45) is 0 Å². The topological polar surface area (TPSA) is 51.7 Å². The van der Waals surface area contributed by atoms with E-state index in [4.69, 9.17) is 14.5 Å². The monoisotopic (exact) mass is 458 g/mol. The lowest BCUT2D eigenvalue weighted by Gasteiger charge is -2.23. The van der Waals surface area contributed by atoms with Crippen LogP contribution >= 0.6 is 11.3 Å². The molecule has 1 fully saturated rings. The van der Waals surface area contributed by atoms with Crippen LogP contribution in [0.1, 0.15) is 28.8 Å². The largest absolute Gasteiger partial charge is 0.494 e. The molecular formula is C27H26N2O3S. The van der Waals surface area contributed by atoms with Crippen molar-refractivity contribution in [1.29, 1.82) is 0 Å². The van der Waals surface area contributed by atoms with Gasteiger partial charge in [-0.05, 0) is 54.7 Å². The molecular weight excluding hydrogens is 432 g/mol. The molecule has 1 unspecified atom stereocenters. The van der Waals surface area contributed by atoms with E-state index >= 15 is 0 Å². The number of carbonyl (C=O) groups is 1. The lowest BCUT2D eigenvalue weighted by Crippen LogP contribution is -2.37. The summed E-state index contributed by atoms with van der Waals surface area (Å²) in [6.07, 6.45) is 1.99. The minimum atomic E-state index is -0.0687. The quantitative estimate of drug-likeness (QED) is 0.350. The van der Waals surface area contributed by atoms with Crippen molar-refractivity contribution in [1.82, 2.24) is 4.98 Å². The third-order valence-corrected chi connectivity index (χ3v) is 7.25. The maximum Gasteiger partial charge on any atom is 0.260 e. The molecule has 1 aliphatic rings. The molecule has 33 heavy (non-hydrogen) atoms. The van der Waals surface area contributed by atoms with Crippen molar-refractivity contribution in [2.75, 3.05) is 25.2 Å². The molecule has 4 aromatic rings. The zero-order valence-corrected chi connectivity index (χ0v) is 19.6. The van der Waals surface area contributed by atoms with E-state index < -0.39 is 0 Å². The number of fused-ring (bicyclic) bond motifs is 1. The van der Waals surface area contributed by atoms with Gasteiger partial charge in [0, 0.05) is 12.2 Å². The summed E-state index contributed by atoms with van der Waals surface area (Å²) in [6, 6.07) is 21.9. The third kappa shape index (κ3) is 4.36. The van der Waals surface area contributed by atoms with Gasteiger partial charge in [-0.25, -0.2) is 4.98 Å². The average molecular weight is 459 g/mol. The fourth-order valence-corrected chi connectivity index (χ4v) is 5.27. The second-order valence-corrected chi connectivity index (χ2v) is 9.23. The zero-order valence-electron chi connectivity index (χ0n) is 18.8. The van der Waals surface area contributed by atoms with Crippen molar-refractivity contribution in [3.8, 4) is 16.9 Å². The van der Waals surface area contributed by atoms with Crippen molar-refractivity contribution < 1.29 is 14.3 Å². The summed E-state index contributed by atoms with van der Waals surface area (Å²) >= 11 is 1.53. The van der Waals surface area contributed by atoms with E-state index in [0.29, 0.717) is 17.2 Å². The van der Waals surface area contributed by atoms with Gasteiger partial charge in [0.2, 0.25) is 0 Å². The van der Waals surface area contributed by atoms with Crippen molar-refractivity contribution >= 4 is 32.6 Å². The van der Waals surface area contributed by atoms with Gasteiger partial charge in [0.05, 0.1) is 24.5 Å². The Morgan fingerprint density at radius 2 is 1.85 bits per heavy atom. The molecule has 1 atom stereocenters. The molecule has 0 saturated carbocycles. The highest BCUT2D eigenvalue weighted by molar-refractivity contribution is 7.22. The van der Waals surface area contributed by atoms with Crippen molar-refractivity contribution in [3.05, 3.63) is 77.9 Å². The predicted molar refractivity (Wildman–Crippen MR) is 133 cm³/mol. The van der Waals surface area contributed by atoms with Crippen LogP contribution in [0.25, 0.3) is 21.3 Å². The molecule has 1 aromatic heterocycles. The molecule has 6 heteroatoms. The van der Waals surface area contributed by atoms with Gasteiger partial charge >= 0.3 is 0 Å². The summed E-state index contributed by atoms with van der Waals surface area (Å²) in [5.41, 5.74) is 4.75. The molecule has 5 rings (SSSR count). The van der Waals surface area contributed by atoms with Gasteiger partial charge in [0.15, 0.2) is 5.13 Å². The summed E-state index contributed by atoms with van der Waals surface area (Å²) in [5.74, 6) is 0.649. The van der Waals surface area contributed by atoms with Gasteiger partial charge in [-0.1, -0.05) is 59.9 Å². The molecule has 0 spiro atoms. The number of aryl methyl sites for hydroxylation is 1. The molecule has 1 saturated heterocycles. The second-order valence-electron chi connectivity index (χ2n) is 8.25. The fraction of sp³-hybridized carbons (Fsp3) is 0.259. The first kappa shape index (κ1) is 21.6. The van der Waals surface area contributed by atoms with E-state index in [-0.39, 0.29) is 12.0 Å². The molecule has 5 nitrogen and oxygen atoms in total. The van der Waals surface area contributed by atoms with Crippen LogP contribution in [-0.2, 0) is 4.74 Å². The van der Waals surface area contributed by atoms with Gasteiger partial charge in [-0.15, -0.1) is 0 Å². The number of hydrogen-bond acceptors (Lipinski definition) is 5. The van der Waals surface area contributed by atoms with Crippen LogP contribution in [0, 0.1) is 6.92 Å². The minimum Gasteiger partial charge on any atom is -0.494 e. The van der Waals surface area contributed by atoms with Gasteiger partial charge in [-0.2, -0.15) is 0 Å². The van der Waals surface area contributed by atoms with Gasteiger partial charge in [0.1, 0.15) is 11.3 Å². The Labute approximate surface area is 197 Å². The SMILES string of the molecule is COc1ccc(C)c2sc(N(CC3CCCO3)C(=O)c3ccc(-c4ccccc4)cc3)nc12. The number of amides is 1. The first-order valence-electron chi connectivity index (χ1n) is 11.2. The minimum absolute atomic E-state index is 0.0209. The van der Waals surface area contributed by atoms with Gasteiger partial charge in [0.25, 0.3) is 5.91 Å². The standard InChI is InChI=1S/C27H26N2O3S/c1-18-10-15-23(31-2)24-25(18)33-27(28-24)29(17-22-9-6-16-32-22)26(30)21-13-11-20(12-14-21)19-7-4-3-5-8-19/h3-5,7-8,10-15,22H,6,9,16-17H2,1-2H3. The average Bonchev–Trinajstić information content (AvgIpc) is 3.54. The molecule has 1 aliphatic heterocycles. The van der Waals surface area contributed by atoms with E-state index in [2.05, 4.69) is 19.1 Å². The highest BCUT2D eigenvalue weighted by Crippen LogP contribution is 2.37. The van der Waals surface area contributed by atoms with Crippen LogP contribution in [-0.4, -0.2) is 37.3 Å². The Hall–Kier alpha value is -3.22. The smallest absolute Gasteiger partial charge is 0.260 e. The molecule has 0 radical (unpaired) electrons. The van der Waals surface area contributed by atoms with Crippen molar-refractivity contribution in [2.45, 2.75) is 25.9 Å². The van der Waals surface area contributed by atoms with E-state index in [0.717, 1.165) is 52.1 Å². The lowest BCUT2D eigenvalue weighted by atomic mass is 10.0. The van der Waals surface area contributed by atoms with Crippen LogP contribution < -0.4 is 9.64 Å². The number of aromatic nitrogens is 1. The Morgan fingerprint density at radius 1 is 1.09 bits per heavy atom. The van der Waals surface area contributed by atoms with E-state index in [1.54, 1.807) is 12.0 Å². The highest BCUT2D eigenvalue weighted by Gasteiger charge is 2.28. The maximum absolute atomic E-state index is 13.7. The molecule has 168 valence electrons. The number of hydrogen-bond donors (Lipinski definition) is 0.